The molecule has 0 aliphatic carbocycles. The maximum absolute atomic E-state index is 5.77. The van der Waals surface area contributed by atoms with E-state index in [-0.39, 0.29) is 0 Å². The SMILES string of the molecule is Cc1nc(-c2nc(Br)cnc2N)c(C)s1. The van der Waals surface area contributed by atoms with Crippen LogP contribution < -0.4 is 5.73 Å². The van der Waals surface area contributed by atoms with Crippen molar-refractivity contribution in [3.63, 3.8) is 0 Å². The molecule has 2 rings (SSSR count). The molecule has 2 heterocycles. The topological polar surface area (TPSA) is 64.7 Å². The van der Waals surface area contributed by atoms with Crippen LogP contribution in [-0.2, 0) is 0 Å². The van der Waals surface area contributed by atoms with Gasteiger partial charge in [-0.1, -0.05) is 0 Å². The molecule has 0 aliphatic rings. The van der Waals surface area contributed by atoms with Gasteiger partial charge in [-0.25, -0.2) is 15.0 Å². The molecule has 0 unspecified atom stereocenters. The third-order valence-electron chi connectivity index (χ3n) is 1.90. The Bertz CT molecular complexity index is 509. The predicted octanol–water partition coefficient (Wildman–Crippen LogP) is 2.56. The van der Waals surface area contributed by atoms with Gasteiger partial charge in [0.25, 0.3) is 0 Å². The van der Waals surface area contributed by atoms with Crippen molar-refractivity contribution in [1.29, 1.82) is 0 Å². The number of rotatable bonds is 1. The normalized spacial score (nSPS) is 10.6. The minimum atomic E-state index is 0.409. The third kappa shape index (κ3) is 2.00. The molecule has 2 aromatic rings. The lowest BCUT2D eigenvalue weighted by Crippen LogP contribution is -1.98. The summed E-state index contributed by atoms with van der Waals surface area (Å²) in [6, 6.07) is 0. The highest BCUT2D eigenvalue weighted by Gasteiger charge is 2.13. The van der Waals surface area contributed by atoms with E-state index in [2.05, 4.69) is 30.9 Å². The Morgan fingerprint density at radius 3 is 2.60 bits per heavy atom. The molecule has 15 heavy (non-hydrogen) atoms. The predicted molar refractivity (Wildman–Crippen MR) is 64.7 cm³/mol. The Balaban J connectivity index is 2.62. The molecule has 0 bridgehead atoms. The Morgan fingerprint density at radius 2 is 2.00 bits per heavy atom. The van der Waals surface area contributed by atoms with E-state index in [0.29, 0.717) is 16.1 Å². The molecule has 0 atom stereocenters. The van der Waals surface area contributed by atoms with E-state index in [0.717, 1.165) is 15.6 Å². The van der Waals surface area contributed by atoms with Crippen LogP contribution in [0.25, 0.3) is 11.4 Å². The van der Waals surface area contributed by atoms with E-state index in [1.54, 1.807) is 17.5 Å². The molecule has 78 valence electrons. The Labute approximate surface area is 99.7 Å². The van der Waals surface area contributed by atoms with E-state index >= 15 is 0 Å². The third-order valence-corrected chi connectivity index (χ3v) is 3.17. The highest BCUT2D eigenvalue weighted by molar-refractivity contribution is 9.10. The van der Waals surface area contributed by atoms with Crippen molar-refractivity contribution < 1.29 is 0 Å². The summed E-state index contributed by atoms with van der Waals surface area (Å²) in [6.07, 6.45) is 1.58. The summed E-state index contributed by atoms with van der Waals surface area (Å²) < 4.78 is 0.664. The summed E-state index contributed by atoms with van der Waals surface area (Å²) in [5, 5.41) is 1.00. The van der Waals surface area contributed by atoms with E-state index in [9.17, 15) is 0 Å². The number of nitrogens with two attached hydrogens (primary N) is 1. The van der Waals surface area contributed by atoms with Crippen LogP contribution in [0, 0.1) is 13.8 Å². The lowest BCUT2D eigenvalue weighted by Gasteiger charge is -2.01. The number of hydrogen-bond acceptors (Lipinski definition) is 5. The van der Waals surface area contributed by atoms with E-state index in [1.165, 1.54) is 0 Å². The molecule has 4 nitrogen and oxygen atoms in total. The highest BCUT2D eigenvalue weighted by Crippen LogP contribution is 2.29. The van der Waals surface area contributed by atoms with Crippen molar-refractivity contribution in [2.24, 2.45) is 0 Å². The number of nitrogen functional groups attached to an aromatic ring is 1. The van der Waals surface area contributed by atoms with E-state index < -0.39 is 0 Å². The second-order valence-corrected chi connectivity index (χ2v) is 5.28. The first kappa shape index (κ1) is 10.5. The molecule has 0 fully saturated rings. The zero-order chi connectivity index (χ0) is 11.0. The quantitative estimate of drug-likeness (QED) is 0.874. The molecule has 0 aromatic carbocycles. The van der Waals surface area contributed by atoms with E-state index in [4.69, 9.17) is 5.73 Å². The maximum Gasteiger partial charge on any atom is 0.151 e. The van der Waals surface area contributed by atoms with Gasteiger partial charge >= 0.3 is 0 Å². The second kappa shape index (κ2) is 3.86. The van der Waals surface area contributed by atoms with Crippen LogP contribution in [0.2, 0.25) is 0 Å². The summed E-state index contributed by atoms with van der Waals surface area (Å²) in [5.74, 6) is 0.409. The Hall–Kier alpha value is -1.01. The molecule has 0 amide bonds. The smallest absolute Gasteiger partial charge is 0.151 e. The number of halogens is 1. The van der Waals surface area contributed by atoms with Crippen molar-refractivity contribution in [3.8, 4) is 11.4 Å². The first-order chi connectivity index (χ1) is 7.08. The monoisotopic (exact) mass is 284 g/mol. The molecular weight excluding hydrogens is 276 g/mol. The minimum Gasteiger partial charge on any atom is -0.382 e. The fraction of sp³-hybridized carbons (Fsp3) is 0.222. The summed E-state index contributed by atoms with van der Waals surface area (Å²) in [6.45, 7) is 3.96. The van der Waals surface area contributed by atoms with Gasteiger partial charge in [0.15, 0.2) is 5.82 Å². The fourth-order valence-electron chi connectivity index (χ4n) is 1.30. The summed E-state index contributed by atoms with van der Waals surface area (Å²) in [5.41, 5.74) is 7.24. The molecule has 6 heteroatoms. The molecular formula is C9H9BrN4S. The number of thiazole rings is 1. The molecule has 2 aromatic heterocycles. The molecule has 0 saturated carbocycles. The van der Waals surface area contributed by atoms with Gasteiger partial charge in [-0.3, -0.25) is 0 Å². The summed E-state index contributed by atoms with van der Waals surface area (Å²) >= 11 is 4.90. The lowest BCUT2D eigenvalue weighted by molar-refractivity contribution is 1.15. The van der Waals surface area contributed by atoms with Gasteiger partial charge in [-0.15, -0.1) is 11.3 Å². The summed E-state index contributed by atoms with van der Waals surface area (Å²) in [7, 11) is 0. The molecule has 0 aliphatic heterocycles. The Morgan fingerprint density at radius 1 is 1.27 bits per heavy atom. The molecule has 0 radical (unpaired) electrons. The molecule has 2 N–H and O–H groups in total. The van der Waals surface area contributed by atoms with Crippen LogP contribution in [-0.4, -0.2) is 15.0 Å². The van der Waals surface area contributed by atoms with Crippen molar-refractivity contribution >= 4 is 33.1 Å². The van der Waals surface area contributed by atoms with Crippen LogP contribution in [0.4, 0.5) is 5.82 Å². The second-order valence-electron chi connectivity index (χ2n) is 3.06. The van der Waals surface area contributed by atoms with Crippen molar-refractivity contribution in [3.05, 3.63) is 20.7 Å². The van der Waals surface area contributed by atoms with Gasteiger partial charge in [-0.2, -0.15) is 0 Å². The van der Waals surface area contributed by atoms with Crippen LogP contribution in [0.3, 0.4) is 0 Å². The standard InChI is InChI=1S/C9H9BrN4S/c1-4-7(13-5(2)15-4)8-9(11)12-3-6(10)14-8/h3H,1-2H3,(H2,11,12). The molecule has 0 spiro atoms. The fourth-order valence-corrected chi connectivity index (χ4v) is 2.40. The van der Waals surface area contributed by atoms with Gasteiger partial charge in [0.05, 0.1) is 11.2 Å². The van der Waals surface area contributed by atoms with Crippen LogP contribution in [0.5, 0.6) is 0 Å². The summed E-state index contributed by atoms with van der Waals surface area (Å²) in [4.78, 5) is 13.8. The zero-order valence-electron chi connectivity index (χ0n) is 8.28. The van der Waals surface area contributed by atoms with Gasteiger partial charge in [0.2, 0.25) is 0 Å². The van der Waals surface area contributed by atoms with Crippen LogP contribution >= 0.6 is 27.3 Å². The number of aromatic nitrogens is 3. The van der Waals surface area contributed by atoms with Crippen molar-refractivity contribution in [2.75, 3.05) is 5.73 Å². The van der Waals surface area contributed by atoms with Crippen LogP contribution in [0.1, 0.15) is 9.88 Å². The Kier molecular flexibility index (Phi) is 2.70. The van der Waals surface area contributed by atoms with Gasteiger partial charge in [0, 0.05) is 4.88 Å². The van der Waals surface area contributed by atoms with Crippen molar-refractivity contribution in [1.82, 2.24) is 15.0 Å². The average molecular weight is 285 g/mol. The van der Waals surface area contributed by atoms with Gasteiger partial charge < -0.3 is 5.73 Å². The van der Waals surface area contributed by atoms with Crippen molar-refractivity contribution in [2.45, 2.75) is 13.8 Å². The van der Waals surface area contributed by atoms with E-state index in [1.807, 2.05) is 13.8 Å². The average Bonchev–Trinajstić information content (AvgIpc) is 2.50. The maximum atomic E-state index is 5.77. The number of nitrogens with zero attached hydrogens (tertiary/aromatic N) is 3. The van der Waals surface area contributed by atoms with Crippen LogP contribution in [0.15, 0.2) is 10.8 Å². The number of aryl methyl sites for hydroxylation is 2. The largest absolute Gasteiger partial charge is 0.382 e. The van der Waals surface area contributed by atoms with Gasteiger partial charge in [-0.05, 0) is 29.8 Å². The lowest BCUT2D eigenvalue weighted by atomic mass is 10.3. The first-order valence-corrected chi connectivity index (χ1v) is 5.91. The number of hydrogen-bond donors (Lipinski definition) is 1. The zero-order valence-corrected chi connectivity index (χ0v) is 10.7. The molecule has 0 saturated heterocycles. The van der Waals surface area contributed by atoms with Gasteiger partial charge in [0.1, 0.15) is 16.0 Å². The highest BCUT2D eigenvalue weighted by atomic mass is 79.9. The number of anilines is 1. The first-order valence-electron chi connectivity index (χ1n) is 4.30. The minimum absolute atomic E-state index is 0.409.